The Labute approximate surface area is 110 Å². The molecule has 0 heterocycles. The second-order valence-electron chi connectivity index (χ2n) is 3.55. The lowest BCUT2D eigenvalue weighted by Gasteiger charge is -2.23. The van der Waals surface area contributed by atoms with Gasteiger partial charge >= 0.3 is 5.97 Å². The normalized spacial score (nSPS) is 10.8. The average Bonchev–Trinajstić information content (AvgIpc) is 2.29. The number of anilines is 1. The molecule has 0 atom stereocenters. The van der Waals surface area contributed by atoms with E-state index in [1.54, 1.807) is 6.08 Å². The number of benzene rings is 1. The fraction of sp³-hybridized carbons (Fsp3) is 0.308. The predicted molar refractivity (Wildman–Crippen MR) is 74.4 cm³/mol. The molecule has 0 bridgehead atoms. The van der Waals surface area contributed by atoms with Crippen LogP contribution >= 0.6 is 15.9 Å². The molecule has 92 valence electrons. The first-order valence-corrected chi connectivity index (χ1v) is 6.33. The number of halogens is 1. The van der Waals surface area contributed by atoms with Crippen LogP contribution in [0.25, 0.3) is 6.08 Å². The minimum Gasteiger partial charge on any atom is -0.478 e. The van der Waals surface area contributed by atoms with Crippen LogP contribution in [0.2, 0.25) is 0 Å². The summed E-state index contributed by atoms with van der Waals surface area (Å²) in [5.74, 6) is -0.932. The summed E-state index contributed by atoms with van der Waals surface area (Å²) in [6, 6.07) is 5.83. The number of carbonyl (C=O) groups is 1. The van der Waals surface area contributed by atoms with E-state index in [1.807, 2.05) is 18.2 Å². The fourth-order valence-electron chi connectivity index (χ4n) is 1.66. The highest BCUT2D eigenvalue weighted by Crippen LogP contribution is 2.26. The second-order valence-corrected chi connectivity index (χ2v) is 4.46. The Balaban J connectivity index is 3.15. The van der Waals surface area contributed by atoms with Crippen LogP contribution in [0, 0.1) is 0 Å². The maximum absolute atomic E-state index is 10.6. The molecule has 1 aromatic rings. The molecule has 0 aliphatic carbocycles. The average molecular weight is 298 g/mol. The lowest BCUT2D eigenvalue weighted by Crippen LogP contribution is -2.22. The molecule has 0 aromatic heterocycles. The molecule has 0 unspecified atom stereocenters. The standard InChI is InChI=1S/C13H16BrNO2/c1-3-15(4-2)12-9-11(14)7-5-10(12)6-8-13(16)17/h5-9H,3-4H2,1-2H3,(H,16,17)/b8-6+. The lowest BCUT2D eigenvalue weighted by atomic mass is 10.1. The van der Waals surface area contributed by atoms with Gasteiger partial charge in [-0.2, -0.15) is 0 Å². The number of hydrogen-bond donors (Lipinski definition) is 1. The minimum absolute atomic E-state index is 0.890. The van der Waals surface area contributed by atoms with E-state index < -0.39 is 5.97 Å². The van der Waals surface area contributed by atoms with Crippen molar-refractivity contribution in [2.45, 2.75) is 13.8 Å². The molecule has 0 aliphatic rings. The van der Waals surface area contributed by atoms with Gasteiger partial charge in [0.1, 0.15) is 0 Å². The SMILES string of the molecule is CCN(CC)c1cc(Br)ccc1/C=C/C(=O)O. The van der Waals surface area contributed by atoms with E-state index >= 15 is 0 Å². The fourth-order valence-corrected chi connectivity index (χ4v) is 2.01. The van der Waals surface area contributed by atoms with Crippen molar-refractivity contribution in [2.75, 3.05) is 18.0 Å². The summed E-state index contributed by atoms with van der Waals surface area (Å²) in [6.07, 6.45) is 2.79. The molecule has 0 fully saturated rings. The zero-order chi connectivity index (χ0) is 12.8. The molecule has 0 saturated heterocycles. The van der Waals surface area contributed by atoms with Crippen LogP contribution in [0.4, 0.5) is 5.69 Å². The molecule has 0 aliphatic heterocycles. The van der Waals surface area contributed by atoms with Crippen molar-refractivity contribution in [3.8, 4) is 0 Å². The molecule has 0 spiro atoms. The Morgan fingerprint density at radius 2 is 2.06 bits per heavy atom. The van der Waals surface area contributed by atoms with Gasteiger partial charge in [-0.1, -0.05) is 22.0 Å². The van der Waals surface area contributed by atoms with Crippen molar-refractivity contribution >= 4 is 33.7 Å². The van der Waals surface area contributed by atoms with Gasteiger partial charge in [0.25, 0.3) is 0 Å². The van der Waals surface area contributed by atoms with Gasteiger partial charge in [-0.25, -0.2) is 4.79 Å². The molecular weight excluding hydrogens is 282 g/mol. The zero-order valence-corrected chi connectivity index (χ0v) is 11.6. The van der Waals surface area contributed by atoms with Crippen LogP contribution in [0.1, 0.15) is 19.4 Å². The van der Waals surface area contributed by atoms with Crippen LogP contribution in [0.5, 0.6) is 0 Å². The van der Waals surface area contributed by atoms with E-state index in [2.05, 4.69) is 34.7 Å². The Hall–Kier alpha value is -1.29. The highest BCUT2D eigenvalue weighted by molar-refractivity contribution is 9.10. The highest BCUT2D eigenvalue weighted by atomic mass is 79.9. The summed E-state index contributed by atoms with van der Waals surface area (Å²) in [5.41, 5.74) is 1.96. The van der Waals surface area contributed by atoms with Crippen molar-refractivity contribution in [3.05, 3.63) is 34.3 Å². The van der Waals surface area contributed by atoms with Gasteiger partial charge < -0.3 is 10.0 Å². The van der Waals surface area contributed by atoms with Crippen LogP contribution < -0.4 is 4.90 Å². The quantitative estimate of drug-likeness (QED) is 0.847. The maximum atomic E-state index is 10.6. The van der Waals surface area contributed by atoms with Crippen molar-refractivity contribution in [3.63, 3.8) is 0 Å². The van der Waals surface area contributed by atoms with E-state index in [0.717, 1.165) is 34.9 Å². The van der Waals surface area contributed by atoms with Gasteiger partial charge in [0, 0.05) is 29.3 Å². The summed E-state index contributed by atoms with van der Waals surface area (Å²) in [4.78, 5) is 12.7. The number of hydrogen-bond acceptors (Lipinski definition) is 2. The third-order valence-corrected chi connectivity index (χ3v) is 3.00. The van der Waals surface area contributed by atoms with E-state index in [4.69, 9.17) is 5.11 Å². The van der Waals surface area contributed by atoms with Crippen molar-refractivity contribution < 1.29 is 9.90 Å². The Bertz CT molecular complexity index is 425. The molecule has 3 nitrogen and oxygen atoms in total. The molecule has 0 radical (unpaired) electrons. The highest BCUT2D eigenvalue weighted by Gasteiger charge is 2.07. The predicted octanol–water partition coefficient (Wildman–Crippen LogP) is 3.39. The Morgan fingerprint density at radius 1 is 1.41 bits per heavy atom. The number of rotatable bonds is 5. The van der Waals surface area contributed by atoms with E-state index in [1.165, 1.54) is 0 Å². The molecular formula is C13H16BrNO2. The molecule has 4 heteroatoms. The molecule has 1 aromatic carbocycles. The van der Waals surface area contributed by atoms with Crippen molar-refractivity contribution in [1.82, 2.24) is 0 Å². The van der Waals surface area contributed by atoms with Crippen LogP contribution in [-0.4, -0.2) is 24.2 Å². The lowest BCUT2D eigenvalue weighted by molar-refractivity contribution is -0.131. The summed E-state index contributed by atoms with van der Waals surface area (Å²) in [5, 5.41) is 8.66. The van der Waals surface area contributed by atoms with E-state index in [-0.39, 0.29) is 0 Å². The van der Waals surface area contributed by atoms with E-state index in [0.29, 0.717) is 0 Å². The van der Waals surface area contributed by atoms with E-state index in [9.17, 15) is 4.79 Å². The minimum atomic E-state index is -0.932. The first kappa shape index (κ1) is 13.8. The topological polar surface area (TPSA) is 40.5 Å². The van der Waals surface area contributed by atoms with Gasteiger partial charge in [-0.3, -0.25) is 0 Å². The van der Waals surface area contributed by atoms with Crippen LogP contribution in [0.15, 0.2) is 28.7 Å². The first-order valence-electron chi connectivity index (χ1n) is 5.54. The van der Waals surface area contributed by atoms with Gasteiger partial charge in [-0.05, 0) is 37.6 Å². The smallest absolute Gasteiger partial charge is 0.328 e. The van der Waals surface area contributed by atoms with Crippen LogP contribution in [0.3, 0.4) is 0 Å². The Kier molecular flexibility index (Phi) is 5.22. The second kappa shape index (κ2) is 6.45. The maximum Gasteiger partial charge on any atom is 0.328 e. The third kappa shape index (κ3) is 3.89. The van der Waals surface area contributed by atoms with Gasteiger partial charge in [-0.15, -0.1) is 0 Å². The summed E-state index contributed by atoms with van der Waals surface area (Å²) in [7, 11) is 0. The molecule has 0 amide bonds. The summed E-state index contributed by atoms with van der Waals surface area (Å²) in [6.45, 7) is 5.94. The summed E-state index contributed by atoms with van der Waals surface area (Å²) >= 11 is 3.44. The zero-order valence-electron chi connectivity index (χ0n) is 9.98. The van der Waals surface area contributed by atoms with Gasteiger partial charge in [0.2, 0.25) is 0 Å². The number of aliphatic carboxylic acids is 1. The first-order chi connectivity index (χ1) is 8.08. The van der Waals surface area contributed by atoms with Crippen molar-refractivity contribution in [1.29, 1.82) is 0 Å². The number of nitrogens with zero attached hydrogens (tertiary/aromatic N) is 1. The Morgan fingerprint density at radius 3 is 2.59 bits per heavy atom. The van der Waals surface area contributed by atoms with Crippen molar-refractivity contribution in [2.24, 2.45) is 0 Å². The number of carboxylic acids is 1. The number of carboxylic acid groups (broad SMARTS) is 1. The van der Waals surface area contributed by atoms with Gasteiger partial charge in [0.15, 0.2) is 0 Å². The van der Waals surface area contributed by atoms with Crippen LogP contribution in [-0.2, 0) is 4.79 Å². The largest absolute Gasteiger partial charge is 0.478 e. The third-order valence-electron chi connectivity index (χ3n) is 2.50. The molecule has 1 N–H and O–H groups in total. The molecule has 17 heavy (non-hydrogen) atoms. The molecule has 1 rings (SSSR count). The van der Waals surface area contributed by atoms with Gasteiger partial charge in [0.05, 0.1) is 0 Å². The molecule has 0 saturated carbocycles. The monoisotopic (exact) mass is 297 g/mol. The summed E-state index contributed by atoms with van der Waals surface area (Å²) < 4.78 is 0.992.